The molecular formula is C23H24N2O5. The van der Waals surface area contributed by atoms with Crippen molar-refractivity contribution in [2.24, 2.45) is 0 Å². The number of ether oxygens (including phenoxy) is 2. The Balaban J connectivity index is 1.44. The molecule has 30 heavy (non-hydrogen) atoms. The molecule has 7 nitrogen and oxygen atoms in total. The maximum absolute atomic E-state index is 12.8. The van der Waals surface area contributed by atoms with Crippen LogP contribution in [-0.2, 0) is 20.8 Å². The Kier molecular flexibility index (Phi) is 5.44. The number of ketones is 1. The standard InChI is InChI=1S/C23H24N2O5/c1-14(26)24-22-18(25(23(22)28)16-7-9-17(29-2)10-8-16)11-12-19(27)21-13-15-5-3-4-6-20(15)30-21/h3-10,18,21-22H,11-13H2,1-2H3,(H,24,26)/t18-,21?,22+/m1/s1. The molecule has 0 aliphatic carbocycles. The van der Waals surface area contributed by atoms with Crippen molar-refractivity contribution in [1.82, 2.24) is 5.32 Å². The van der Waals surface area contributed by atoms with Crippen LogP contribution in [0.3, 0.4) is 0 Å². The number of carbonyl (C=O) groups is 3. The Morgan fingerprint density at radius 3 is 2.57 bits per heavy atom. The van der Waals surface area contributed by atoms with Crippen LogP contribution in [0.4, 0.5) is 5.69 Å². The first-order valence-electron chi connectivity index (χ1n) is 9.99. The highest BCUT2D eigenvalue weighted by Crippen LogP contribution is 2.33. The fourth-order valence-electron chi connectivity index (χ4n) is 4.09. The first-order chi connectivity index (χ1) is 14.5. The zero-order valence-corrected chi connectivity index (χ0v) is 17.0. The Hall–Kier alpha value is -3.35. The van der Waals surface area contributed by atoms with Crippen LogP contribution in [0.15, 0.2) is 48.5 Å². The SMILES string of the molecule is COc1ccc(N2C(=O)[C@@H](NC(C)=O)[C@H]2CCC(=O)C2Cc3ccccc3O2)cc1. The minimum atomic E-state index is -0.626. The summed E-state index contributed by atoms with van der Waals surface area (Å²) in [5.41, 5.74) is 1.75. The fourth-order valence-corrected chi connectivity index (χ4v) is 4.09. The van der Waals surface area contributed by atoms with Crippen molar-refractivity contribution < 1.29 is 23.9 Å². The first-order valence-corrected chi connectivity index (χ1v) is 9.99. The molecular weight excluding hydrogens is 384 g/mol. The number of nitrogens with one attached hydrogen (secondary N) is 1. The molecule has 0 aromatic heterocycles. The van der Waals surface area contributed by atoms with Crippen molar-refractivity contribution in [3.05, 3.63) is 54.1 Å². The third kappa shape index (κ3) is 3.75. The highest BCUT2D eigenvalue weighted by molar-refractivity contribution is 6.07. The van der Waals surface area contributed by atoms with Gasteiger partial charge in [-0.05, 0) is 42.3 Å². The molecule has 1 unspecified atom stereocenters. The van der Waals surface area contributed by atoms with Crippen molar-refractivity contribution in [1.29, 1.82) is 0 Å². The highest BCUT2D eigenvalue weighted by atomic mass is 16.5. The summed E-state index contributed by atoms with van der Waals surface area (Å²) in [6, 6.07) is 13.9. The second-order valence-electron chi connectivity index (χ2n) is 7.58. The molecule has 2 heterocycles. The monoisotopic (exact) mass is 408 g/mol. The van der Waals surface area contributed by atoms with E-state index in [-0.39, 0.29) is 30.1 Å². The number of hydrogen-bond acceptors (Lipinski definition) is 5. The number of hydrogen-bond donors (Lipinski definition) is 1. The van der Waals surface area contributed by atoms with Crippen molar-refractivity contribution in [3.63, 3.8) is 0 Å². The van der Waals surface area contributed by atoms with E-state index in [1.54, 1.807) is 36.3 Å². The summed E-state index contributed by atoms with van der Waals surface area (Å²) in [5.74, 6) is 0.994. The van der Waals surface area contributed by atoms with Crippen LogP contribution >= 0.6 is 0 Å². The number of benzene rings is 2. The third-order valence-corrected chi connectivity index (χ3v) is 5.62. The van der Waals surface area contributed by atoms with Crippen LogP contribution in [0.25, 0.3) is 0 Å². The van der Waals surface area contributed by atoms with E-state index >= 15 is 0 Å². The molecule has 2 amide bonds. The number of β-lactam (4-membered cyclic amide) rings is 1. The van der Waals surface area contributed by atoms with E-state index in [0.717, 1.165) is 11.3 Å². The zero-order valence-electron chi connectivity index (χ0n) is 17.0. The first kappa shape index (κ1) is 19.9. The predicted molar refractivity (Wildman–Crippen MR) is 111 cm³/mol. The summed E-state index contributed by atoms with van der Waals surface area (Å²) < 4.78 is 11.0. The van der Waals surface area contributed by atoms with Gasteiger partial charge in [0.25, 0.3) is 5.91 Å². The largest absolute Gasteiger partial charge is 0.497 e. The van der Waals surface area contributed by atoms with Gasteiger partial charge in [-0.15, -0.1) is 0 Å². The fraction of sp³-hybridized carbons (Fsp3) is 0.348. The quantitative estimate of drug-likeness (QED) is 0.711. The lowest BCUT2D eigenvalue weighted by Gasteiger charge is -2.47. The number of nitrogens with zero attached hydrogens (tertiary/aromatic N) is 1. The smallest absolute Gasteiger partial charge is 0.252 e. The average molecular weight is 408 g/mol. The number of methoxy groups -OCH3 is 1. The Morgan fingerprint density at radius 2 is 1.90 bits per heavy atom. The minimum Gasteiger partial charge on any atom is -0.497 e. The molecule has 156 valence electrons. The summed E-state index contributed by atoms with van der Waals surface area (Å²) in [6.45, 7) is 1.38. The number of Topliss-reactive ketones (excluding diaryl/α,β-unsaturated/α-hetero) is 1. The number of carbonyl (C=O) groups excluding carboxylic acids is 3. The lowest BCUT2D eigenvalue weighted by molar-refractivity contribution is -0.133. The summed E-state index contributed by atoms with van der Waals surface area (Å²) in [7, 11) is 1.58. The number of rotatable bonds is 7. The maximum atomic E-state index is 12.8. The molecule has 2 aliphatic heterocycles. The second kappa shape index (κ2) is 8.18. The molecule has 1 N–H and O–H groups in total. The van der Waals surface area contributed by atoms with Gasteiger partial charge in [-0.2, -0.15) is 0 Å². The lowest BCUT2D eigenvalue weighted by atomic mass is 9.88. The molecule has 0 saturated carbocycles. The van der Waals surface area contributed by atoms with Crippen molar-refractivity contribution in [3.8, 4) is 11.5 Å². The molecule has 0 spiro atoms. The minimum absolute atomic E-state index is 0.00167. The van der Waals surface area contributed by atoms with Gasteiger partial charge in [0.05, 0.1) is 13.2 Å². The Labute approximate surface area is 175 Å². The zero-order chi connectivity index (χ0) is 21.3. The van der Waals surface area contributed by atoms with Crippen LogP contribution in [0.1, 0.15) is 25.3 Å². The molecule has 2 aromatic carbocycles. The number of fused-ring (bicyclic) bond motifs is 1. The van der Waals surface area contributed by atoms with Gasteiger partial charge in [0.2, 0.25) is 5.91 Å². The predicted octanol–water partition coefficient (Wildman–Crippen LogP) is 2.27. The molecule has 3 atom stereocenters. The topological polar surface area (TPSA) is 84.9 Å². The number of para-hydroxylation sites is 1. The average Bonchev–Trinajstić information content (AvgIpc) is 3.19. The molecule has 0 radical (unpaired) electrons. The van der Waals surface area contributed by atoms with Gasteiger partial charge in [0, 0.05) is 25.5 Å². The van der Waals surface area contributed by atoms with E-state index in [4.69, 9.17) is 9.47 Å². The van der Waals surface area contributed by atoms with Crippen molar-refractivity contribution >= 4 is 23.3 Å². The van der Waals surface area contributed by atoms with Gasteiger partial charge < -0.3 is 19.7 Å². The highest BCUT2D eigenvalue weighted by Gasteiger charge is 2.48. The molecule has 2 aliphatic rings. The Morgan fingerprint density at radius 1 is 1.17 bits per heavy atom. The van der Waals surface area contributed by atoms with Gasteiger partial charge >= 0.3 is 0 Å². The van der Waals surface area contributed by atoms with E-state index in [9.17, 15) is 14.4 Å². The molecule has 1 saturated heterocycles. The van der Waals surface area contributed by atoms with Crippen LogP contribution in [0.2, 0.25) is 0 Å². The maximum Gasteiger partial charge on any atom is 0.252 e. The summed E-state index contributed by atoms with van der Waals surface area (Å²) in [6.07, 6.45) is 0.777. The van der Waals surface area contributed by atoms with E-state index in [1.807, 2.05) is 24.3 Å². The van der Waals surface area contributed by atoms with Crippen LogP contribution < -0.4 is 19.7 Å². The van der Waals surface area contributed by atoms with Gasteiger partial charge in [-0.25, -0.2) is 0 Å². The summed E-state index contributed by atoms with van der Waals surface area (Å²) in [4.78, 5) is 38.6. The van der Waals surface area contributed by atoms with Gasteiger partial charge in [0.15, 0.2) is 11.9 Å². The van der Waals surface area contributed by atoms with Crippen LogP contribution in [-0.4, -0.2) is 42.9 Å². The third-order valence-electron chi connectivity index (χ3n) is 5.62. The van der Waals surface area contributed by atoms with Gasteiger partial charge in [-0.1, -0.05) is 18.2 Å². The van der Waals surface area contributed by atoms with Crippen LogP contribution in [0.5, 0.6) is 11.5 Å². The molecule has 1 fully saturated rings. The van der Waals surface area contributed by atoms with E-state index in [2.05, 4.69) is 5.32 Å². The molecule has 4 rings (SSSR count). The van der Waals surface area contributed by atoms with Crippen LogP contribution in [0, 0.1) is 0 Å². The van der Waals surface area contributed by atoms with E-state index in [1.165, 1.54) is 6.92 Å². The molecule has 0 bridgehead atoms. The van der Waals surface area contributed by atoms with Gasteiger partial charge in [-0.3, -0.25) is 14.4 Å². The van der Waals surface area contributed by atoms with Crippen molar-refractivity contribution in [2.75, 3.05) is 12.0 Å². The lowest BCUT2D eigenvalue weighted by Crippen LogP contribution is -2.71. The summed E-state index contributed by atoms with van der Waals surface area (Å²) in [5, 5.41) is 2.71. The molecule has 7 heteroatoms. The Bertz CT molecular complexity index is 947. The van der Waals surface area contributed by atoms with E-state index in [0.29, 0.717) is 24.3 Å². The normalized spacial score (nSPS) is 22.0. The number of amides is 2. The van der Waals surface area contributed by atoms with Gasteiger partial charge in [0.1, 0.15) is 17.5 Å². The van der Waals surface area contributed by atoms with Crippen molar-refractivity contribution in [2.45, 2.75) is 44.4 Å². The summed E-state index contributed by atoms with van der Waals surface area (Å²) >= 11 is 0. The second-order valence-corrected chi connectivity index (χ2v) is 7.58. The number of anilines is 1. The van der Waals surface area contributed by atoms with E-state index < -0.39 is 12.1 Å². The molecule has 2 aromatic rings.